The van der Waals surface area contributed by atoms with Crippen molar-refractivity contribution in [3.05, 3.63) is 71.7 Å². The molecule has 0 saturated heterocycles. The molecule has 2 N–H and O–H groups in total. The number of hydrogen-bond donors (Lipinski definition) is 2. The Balaban J connectivity index is 1.53. The predicted octanol–water partition coefficient (Wildman–Crippen LogP) is 3.20. The van der Waals surface area contributed by atoms with Crippen molar-refractivity contribution in [3.63, 3.8) is 0 Å². The number of nitrogens with one attached hydrogen (secondary N) is 2. The van der Waals surface area contributed by atoms with E-state index in [2.05, 4.69) is 25.7 Å². The van der Waals surface area contributed by atoms with E-state index in [9.17, 15) is 4.79 Å². The van der Waals surface area contributed by atoms with E-state index in [1.807, 2.05) is 24.3 Å². The van der Waals surface area contributed by atoms with Crippen molar-refractivity contribution in [2.45, 2.75) is 13.3 Å². The highest BCUT2D eigenvalue weighted by atomic mass is 16.5. The van der Waals surface area contributed by atoms with Gasteiger partial charge in [0.05, 0.1) is 12.7 Å². The number of carbonyl (C=O) groups excluding carboxylic acids is 1. The molecule has 0 spiro atoms. The number of aromatic amines is 1. The number of benzene rings is 1. The van der Waals surface area contributed by atoms with Gasteiger partial charge >= 0.3 is 0 Å². The first-order valence-electron chi connectivity index (χ1n) is 7.97. The van der Waals surface area contributed by atoms with Crippen LogP contribution in [0.4, 0.5) is 5.69 Å². The molecule has 0 aliphatic rings. The molecular weight excluding hydrogens is 334 g/mol. The molecule has 1 amide bonds. The number of furan rings is 1. The molecule has 4 rings (SSSR count). The van der Waals surface area contributed by atoms with Crippen molar-refractivity contribution in [1.29, 1.82) is 0 Å². The average molecular weight is 349 g/mol. The van der Waals surface area contributed by atoms with Crippen molar-refractivity contribution >= 4 is 11.6 Å². The number of hydrogen-bond acceptors (Lipinski definition) is 6. The first kappa shape index (κ1) is 15.8. The fraction of sp³-hybridized carbons (Fsp3) is 0.111. The molecule has 0 bridgehead atoms. The summed E-state index contributed by atoms with van der Waals surface area (Å²) in [7, 11) is 0. The lowest BCUT2D eigenvalue weighted by atomic mass is 10.1. The standard InChI is InChI=1S/C18H15N5O3/c1-11-19-17(26-23-11)9-12-5-2-3-6-13(12)20-18(24)15-10-14(21-22-15)16-7-4-8-25-16/h2-8,10H,9H2,1H3,(H,20,24)(H,21,22). The number of carbonyl (C=O) groups is 1. The van der Waals surface area contributed by atoms with E-state index in [4.69, 9.17) is 8.94 Å². The van der Waals surface area contributed by atoms with Gasteiger partial charge in [-0.25, -0.2) is 0 Å². The third kappa shape index (κ3) is 3.25. The van der Waals surface area contributed by atoms with E-state index in [1.54, 1.807) is 31.4 Å². The molecular formula is C18H15N5O3. The SMILES string of the molecule is Cc1noc(Cc2ccccc2NC(=O)c2cc(-c3ccco3)[nH]n2)n1. The van der Waals surface area contributed by atoms with E-state index in [1.165, 1.54) is 0 Å². The van der Waals surface area contributed by atoms with Crippen molar-refractivity contribution in [1.82, 2.24) is 20.3 Å². The largest absolute Gasteiger partial charge is 0.463 e. The molecule has 0 aliphatic carbocycles. The third-order valence-electron chi connectivity index (χ3n) is 3.77. The lowest BCUT2D eigenvalue weighted by Gasteiger charge is -2.08. The summed E-state index contributed by atoms with van der Waals surface area (Å²) in [6, 6.07) is 12.6. The second-order valence-corrected chi connectivity index (χ2v) is 5.67. The summed E-state index contributed by atoms with van der Waals surface area (Å²) in [5, 5.41) is 13.5. The Morgan fingerprint density at radius 3 is 2.88 bits per heavy atom. The number of rotatable bonds is 5. The van der Waals surface area contributed by atoms with Crippen LogP contribution in [0.25, 0.3) is 11.5 Å². The zero-order chi connectivity index (χ0) is 17.9. The van der Waals surface area contributed by atoms with Crippen LogP contribution < -0.4 is 5.32 Å². The van der Waals surface area contributed by atoms with Crippen molar-refractivity contribution in [2.75, 3.05) is 5.32 Å². The topological polar surface area (TPSA) is 110 Å². The van der Waals surface area contributed by atoms with Crippen LogP contribution in [0.5, 0.6) is 0 Å². The third-order valence-corrected chi connectivity index (χ3v) is 3.77. The van der Waals surface area contributed by atoms with E-state index in [0.717, 1.165) is 5.56 Å². The first-order chi connectivity index (χ1) is 12.7. The molecule has 8 nitrogen and oxygen atoms in total. The number of aromatic nitrogens is 4. The summed E-state index contributed by atoms with van der Waals surface area (Å²) in [6.07, 6.45) is 1.99. The summed E-state index contributed by atoms with van der Waals surface area (Å²) < 4.78 is 10.4. The fourth-order valence-corrected chi connectivity index (χ4v) is 2.55. The number of amides is 1. The van der Waals surface area contributed by atoms with Crippen molar-refractivity contribution < 1.29 is 13.7 Å². The zero-order valence-electron chi connectivity index (χ0n) is 13.9. The van der Waals surface area contributed by atoms with Gasteiger partial charge in [0.1, 0.15) is 5.69 Å². The van der Waals surface area contributed by atoms with Crippen molar-refractivity contribution in [3.8, 4) is 11.5 Å². The smallest absolute Gasteiger partial charge is 0.276 e. The van der Waals surface area contributed by atoms with Crippen molar-refractivity contribution in [2.24, 2.45) is 0 Å². The summed E-state index contributed by atoms with van der Waals surface area (Å²) >= 11 is 0. The van der Waals surface area contributed by atoms with Crippen LogP contribution in [-0.4, -0.2) is 26.2 Å². The maximum Gasteiger partial charge on any atom is 0.276 e. The van der Waals surface area contributed by atoms with E-state index < -0.39 is 0 Å². The normalized spacial score (nSPS) is 10.8. The van der Waals surface area contributed by atoms with E-state index in [-0.39, 0.29) is 11.6 Å². The molecule has 0 saturated carbocycles. The minimum atomic E-state index is -0.326. The monoisotopic (exact) mass is 349 g/mol. The molecule has 0 atom stereocenters. The number of aryl methyl sites for hydroxylation is 1. The minimum absolute atomic E-state index is 0.264. The highest BCUT2D eigenvalue weighted by molar-refractivity contribution is 6.03. The Labute approximate surface area is 148 Å². The van der Waals surface area contributed by atoms with Gasteiger partial charge < -0.3 is 14.3 Å². The van der Waals surface area contributed by atoms with E-state index in [0.29, 0.717) is 35.3 Å². The van der Waals surface area contributed by atoms with Crippen LogP contribution >= 0.6 is 0 Å². The number of para-hydroxylation sites is 1. The molecule has 0 aliphatic heterocycles. The van der Waals surface area contributed by atoms with Gasteiger partial charge in [-0.05, 0) is 30.7 Å². The van der Waals surface area contributed by atoms with Crippen LogP contribution in [0.3, 0.4) is 0 Å². The van der Waals surface area contributed by atoms with Crippen LogP contribution in [0, 0.1) is 6.92 Å². The summed E-state index contributed by atoms with van der Waals surface area (Å²) in [4.78, 5) is 16.7. The average Bonchev–Trinajstić information content (AvgIpc) is 3.37. The van der Waals surface area contributed by atoms with Gasteiger partial charge in [-0.1, -0.05) is 23.4 Å². The van der Waals surface area contributed by atoms with Gasteiger partial charge in [-0.2, -0.15) is 10.1 Å². The van der Waals surface area contributed by atoms with Crippen LogP contribution in [0.2, 0.25) is 0 Å². The highest BCUT2D eigenvalue weighted by Gasteiger charge is 2.15. The predicted molar refractivity (Wildman–Crippen MR) is 92.5 cm³/mol. The minimum Gasteiger partial charge on any atom is -0.463 e. The van der Waals surface area contributed by atoms with Gasteiger partial charge in [0.2, 0.25) is 5.89 Å². The van der Waals surface area contributed by atoms with Gasteiger partial charge in [-0.15, -0.1) is 0 Å². The lowest BCUT2D eigenvalue weighted by Crippen LogP contribution is -2.14. The van der Waals surface area contributed by atoms with Crippen LogP contribution in [-0.2, 0) is 6.42 Å². The molecule has 130 valence electrons. The van der Waals surface area contributed by atoms with E-state index >= 15 is 0 Å². The molecule has 8 heteroatoms. The maximum absolute atomic E-state index is 12.5. The maximum atomic E-state index is 12.5. The second-order valence-electron chi connectivity index (χ2n) is 5.67. The number of H-pyrrole nitrogens is 1. The fourth-order valence-electron chi connectivity index (χ4n) is 2.55. The number of anilines is 1. The Morgan fingerprint density at radius 2 is 2.12 bits per heavy atom. The molecule has 26 heavy (non-hydrogen) atoms. The molecule has 0 unspecified atom stereocenters. The summed E-state index contributed by atoms with van der Waals surface area (Å²) in [5.41, 5.74) is 2.43. The van der Waals surface area contributed by atoms with Crippen LogP contribution in [0.1, 0.15) is 27.8 Å². The first-order valence-corrected chi connectivity index (χ1v) is 7.97. The zero-order valence-corrected chi connectivity index (χ0v) is 13.9. The highest BCUT2D eigenvalue weighted by Crippen LogP contribution is 2.21. The Kier molecular flexibility index (Phi) is 4.06. The second kappa shape index (κ2) is 6.67. The van der Waals surface area contributed by atoms with Crippen LogP contribution in [0.15, 0.2) is 57.7 Å². The molecule has 0 fully saturated rings. The van der Waals surface area contributed by atoms with Gasteiger partial charge in [0.25, 0.3) is 5.91 Å². The van der Waals surface area contributed by atoms with Gasteiger partial charge in [0.15, 0.2) is 17.3 Å². The van der Waals surface area contributed by atoms with Gasteiger partial charge in [-0.3, -0.25) is 9.89 Å². The summed E-state index contributed by atoms with van der Waals surface area (Å²) in [5.74, 6) is 1.35. The Morgan fingerprint density at radius 1 is 1.23 bits per heavy atom. The Hall–Kier alpha value is -3.68. The molecule has 1 aromatic carbocycles. The molecule has 4 aromatic rings. The molecule has 0 radical (unpaired) electrons. The number of nitrogens with zero attached hydrogens (tertiary/aromatic N) is 3. The molecule has 3 heterocycles. The Bertz CT molecular complexity index is 1030. The molecule has 3 aromatic heterocycles. The quantitative estimate of drug-likeness (QED) is 0.572. The summed E-state index contributed by atoms with van der Waals surface area (Å²) in [6.45, 7) is 1.76. The van der Waals surface area contributed by atoms with Gasteiger partial charge in [0, 0.05) is 11.8 Å². The lowest BCUT2D eigenvalue weighted by molar-refractivity contribution is 0.102.